The number of aliphatic imine (C=N–C) groups is 1. The summed E-state index contributed by atoms with van der Waals surface area (Å²) in [7, 11) is 1.76. The van der Waals surface area contributed by atoms with Gasteiger partial charge in [0.25, 0.3) is 5.91 Å². The Morgan fingerprint density at radius 2 is 1.15 bits per heavy atom. The fraction of sp³-hybridized carbons (Fsp3) is 0.0345. The molecule has 4 aromatic rings. The second kappa shape index (κ2) is 8.97. The largest absolute Gasteiger partial charge is 0.311 e. The van der Waals surface area contributed by atoms with Crippen LogP contribution in [-0.4, -0.2) is 23.7 Å². The minimum Gasteiger partial charge on any atom is -0.311 e. The first kappa shape index (κ1) is 20.5. The van der Waals surface area contributed by atoms with Crippen molar-refractivity contribution < 1.29 is 4.79 Å². The molecule has 0 atom stereocenters. The second-order valence-corrected chi connectivity index (χ2v) is 7.79. The molecule has 33 heavy (non-hydrogen) atoms. The molecule has 0 radical (unpaired) electrons. The average molecular weight is 430 g/mol. The van der Waals surface area contributed by atoms with Gasteiger partial charge in [-0.15, -0.1) is 0 Å². The highest BCUT2D eigenvalue weighted by molar-refractivity contribution is 6.19. The van der Waals surface area contributed by atoms with Crippen molar-refractivity contribution in [2.45, 2.75) is 0 Å². The van der Waals surface area contributed by atoms with Crippen LogP contribution < -0.4 is 4.90 Å². The van der Waals surface area contributed by atoms with Crippen LogP contribution in [0.15, 0.2) is 126 Å². The van der Waals surface area contributed by atoms with Crippen molar-refractivity contribution in [2.24, 2.45) is 4.99 Å². The Balaban J connectivity index is 1.47. The zero-order chi connectivity index (χ0) is 22.6. The molecular formula is C29H23N3O. The zero-order valence-corrected chi connectivity index (χ0v) is 18.3. The van der Waals surface area contributed by atoms with E-state index in [4.69, 9.17) is 0 Å². The zero-order valence-electron chi connectivity index (χ0n) is 18.3. The minimum absolute atomic E-state index is 0.104. The van der Waals surface area contributed by atoms with Crippen LogP contribution in [0.3, 0.4) is 0 Å². The molecule has 1 aliphatic heterocycles. The Labute approximate surface area is 193 Å². The standard InChI is InChI=1S/C29H23N3O/c1-31-28(23-11-5-2-6-12-23)30-27(29(31)33)21-22-17-19-26(20-18-22)32(24-13-7-3-8-14-24)25-15-9-4-10-16-25/h2-21H,1H3/b27-21-. The fourth-order valence-corrected chi connectivity index (χ4v) is 3.92. The van der Waals surface area contributed by atoms with Gasteiger partial charge in [-0.05, 0) is 48.0 Å². The van der Waals surface area contributed by atoms with Crippen LogP contribution in [0.4, 0.5) is 17.1 Å². The molecule has 1 heterocycles. The summed E-state index contributed by atoms with van der Waals surface area (Å²) in [6.07, 6.45) is 1.84. The number of anilines is 3. The third-order valence-electron chi connectivity index (χ3n) is 5.58. The molecule has 0 aliphatic carbocycles. The molecular weight excluding hydrogens is 406 g/mol. The Hall–Kier alpha value is -4.44. The SMILES string of the molecule is CN1C(=O)/C(=C/c2ccc(N(c3ccccc3)c3ccccc3)cc2)N=C1c1ccccc1. The molecule has 1 aliphatic rings. The van der Waals surface area contributed by atoms with Gasteiger partial charge in [0, 0.05) is 29.7 Å². The normalized spacial score (nSPS) is 14.5. The number of amidine groups is 1. The number of carbonyl (C=O) groups excluding carboxylic acids is 1. The van der Waals surface area contributed by atoms with Crippen LogP contribution >= 0.6 is 0 Å². The molecule has 160 valence electrons. The Bertz CT molecular complexity index is 1270. The fourth-order valence-electron chi connectivity index (χ4n) is 3.92. The van der Waals surface area contributed by atoms with E-state index < -0.39 is 0 Å². The van der Waals surface area contributed by atoms with Crippen LogP contribution in [0, 0.1) is 0 Å². The van der Waals surface area contributed by atoms with Crippen LogP contribution in [-0.2, 0) is 4.79 Å². The predicted octanol–water partition coefficient (Wildman–Crippen LogP) is 6.42. The Morgan fingerprint density at radius 1 is 0.667 bits per heavy atom. The summed E-state index contributed by atoms with van der Waals surface area (Å²) in [6.45, 7) is 0. The third-order valence-corrected chi connectivity index (χ3v) is 5.58. The maximum Gasteiger partial charge on any atom is 0.277 e. The van der Waals surface area contributed by atoms with E-state index in [0.29, 0.717) is 11.5 Å². The van der Waals surface area contributed by atoms with E-state index in [1.165, 1.54) is 0 Å². The Kier molecular flexibility index (Phi) is 5.56. The predicted molar refractivity (Wildman–Crippen MR) is 135 cm³/mol. The lowest BCUT2D eigenvalue weighted by molar-refractivity contribution is -0.121. The highest BCUT2D eigenvalue weighted by atomic mass is 16.2. The molecule has 5 rings (SSSR count). The van der Waals surface area contributed by atoms with Gasteiger partial charge in [-0.1, -0.05) is 78.9 Å². The summed E-state index contributed by atoms with van der Waals surface area (Å²) in [5.74, 6) is 0.566. The first-order valence-corrected chi connectivity index (χ1v) is 10.8. The third kappa shape index (κ3) is 4.19. The number of benzene rings is 4. The van der Waals surface area contributed by atoms with Gasteiger partial charge in [-0.25, -0.2) is 4.99 Å². The molecule has 4 heteroatoms. The number of rotatable bonds is 5. The maximum atomic E-state index is 12.8. The van der Waals surface area contributed by atoms with Crippen molar-refractivity contribution in [3.05, 3.63) is 132 Å². The van der Waals surface area contributed by atoms with Crippen molar-refractivity contribution in [2.75, 3.05) is 11.9 Å². The first-order chi connectivity index (χ1) is 16.2. The van der Waals surface area contributed by atoms with Gasteiger partial charge in [-0.2, -0.15) is 0 Å². The van der Waals surface area contributed by atoms with Crippen LogP contribution in [0.5, 0.6) is 0 Å². The molecule has 0 saturated heterocycles. The molecule has 1 amide bonds. The summed E-state index contributed by atoms with van der Waals surface area (Å²) in [5, 5.41) is 0. The maximum absolute atomic E-state index is 12.8. The lowest BCUT2D eigenvalue weighted by atomic mass is 10.1. The van der Waals surface area contributed by atoms with Crippen LogP contribution in [0.2, 0.25) is 0 Å². The molecule has 0 bridgehead atoms. The molecule has 0 aromatic heterocycles. The van der Waals surface area contributed by atoms with E-state index in [2.05, 4.69) is 46.3 Å². The van der Waals surface area contributed by atoms with E-state index in [9.17, 15) is 4.79 Å². The summed E-state index contributed by atoms with van der Waals surface area (Å²) in [4.78, 5) is 21.2. The summed E-state index contributed by atoms with van der Waals surface area (Å²) >= 11 is 0. The van der Waals surface area contributed by atoms with Gasteiger partial charge in [0.05, 0.1) is 0 Å². The number of para-hydroxylation sites is 2. The lowest BCUT2D eigenvalue weighted by Gasteiger charge is -2.25. The lowest BCUT2D eigenvalue weighted by Crippen LogP contribution is -2.28. The molecule has 0 unspecified atom stereocenters. The second-order valence-electron chi connectivity index (χ2n) is 7.79. The van der Waals surface area contributed by atoms with Crippen molar-refractivity contribution in [3.8, 4) is 0 Å². The molecule has 0 fully saturated rings. The first-order valence-electron chi connectivity index (χ1n) is 10.8. The number of carbonyl (C=O) groups is 1. The molecule has 4 aromatic carbocycles. The summed E-state index contributed by atoms with van der Waals surface area (Å²) < 4.78 is 0. The number of hydrogen-bond donors (Lipinski definition) is 0. The highest BCUT2D eigenvalue weighted by Gasteiger charge is 2.27. The Morgan fingerprint density at radius 3 is 1.70 bits per heavy atom. The molecule has 0 N–H and O–H groups in total. The van der Waals surface area contributed by atoms with Gasteiger partial charge in [0.15, 0.2) is 0 Å². The number of amides is 1. The average Bonchev–Trinajstić information content (AvgIpc) is 3.16. The van der Waals surface area contributed by atoms with Gasteiger partial charge < -0.3 is 4.90 Å². The quantitative estimate of drug-likeness (QED) is 0.343. The highest BCUT2D eigenvalue weighted by Crippen LogP contribution is 2.34. The van der Waals surface area contributed by atoms with E-state index in [1.807, 2.05) is 84.9 Å². The molecule has 0 spiro atoms. The summed E-state index contributed by atoms with van der Waals surface area (Å²) in [5.41, 5.74) is 5.49. The van der Waals surface area contributed by atoms with E-state index in [-0.39, 0.29) is 5.91 Å². The van der Waals surface area contributed by atoms with Gasteiger partial charge >= 0.3 is 0 Å². The monoisotopic (exact) mass is 429 g/mol. The van der Waals surface area contributed by atoms with Crippen molar-refractivity contribution in [1.29, 1.82) is 0 Å². The van der Waals surface area contributed by atoms with E-state index in [1.54, 1.807) is 11.9 Å². The topological polar surface area (TPSA) is 35.9 Å². The van der Waals surface area contributed by atoms with Gasteiger partial charge in [0.2, 0.25) is 0 Å². The van der Waals surface area contributed by atoms with Gasteiger partial charge in [-0.3, -0.25) is 9.69 Å². The number of hydrogen-bond acceptors (Lipinski definition) is 3. The van der Waals surface area contributed by atoms with Crippen LogP contribution in [0.25, 0.3) is 6.08 Å². The molecule has 0 saturated carbocycles. The number of nitrogens with zero attached hydrogens (tertiary/aromatic N) is 3. The van der Waals surface area contributed by atoms with E-state index >= 15 is 0 Å². The molecule has 4 nitrogen and oxygen atoms in total. The smallest absolute Gasteiger partial charge is 0.277 e. The van der Waals surface area contributed by atoms with Crippen molar-refractivity contribution in [1.82, 2.24) is 4.90 Å². The van der Waals surface area contributed by atoms with Crippen molar-refractivity contribution >= 4 is 34.9 Å². The minimum atomic E-state index is -0.104. The summed E-state index contributed by atoms with van der Waals surface area (Å²) in [6, 6.07) is 38.5. The van der Waals surface area contributed by atoms with Crippen LogP contribution in [0.1, 0.15) is 11.1 Å². The van der Waals surface area contributed by atoms with Gasteiger partial charge in [0.1, 0.15) is 11.5 Å². The van der Waals surface area contributed by atoms with Crippen molar-refractivity contribution in [3.63, 3.8) is 0 Å². The number of likely N-dealkylation sites (N-methyl/N-ethyl adjacent to an activating group) is 1. The van der Waals surface area contributed by atoms with E-state index in [0.717, 1.165) is 28.2 Å².